The van der Waals surface area contributed by atoms with Crippen molar-refractivity contribution in [2.75, 3.05) is 22.3 Å². The number of pyridine rings is 1. The molecule has 2 rings (SSSR count). The van der Waals surface area contributed by atoms with Crippen LogP contribution in [0.1, 0.15) is 6.42 Å². The Bertz CT molecular complexity index is 444. The van der Waals surface area contributed by atoms with E-state index in [4.69, 9.17) is 5.73 Å². The van der Waals surface area contributed by atoms with Crippen LogP contribution in [0.25, 0.3) is 0 Å². The summed E-state index contributed by atoms with van der Waals surface area (Å²) >= 11 is 0. The molecule has 1 aromatic rings. The first kappa shape index (κ1) is 9.26. The highest BCUT2D eigenvalue weighted by Crippen LogP contribution is 2.24. The molecule has 6 heteroatoms. The number of nitrogens with two attached hydrogens (primary N) is 1. The maximum Gasteiger partial charge on any atom is 0.235 e. The zero-order valence-corrected chi connectivity index (χ0v) is 8.37. The van der Waals surface area contributed by atoms with Gasteiger partial charge in [-0.15, -0.1) is 0 Å². The first-order chi connectivity index (χ1) is 6.59. The molecule has 76 valence electrons. The number of aromatic nitrogens is 1. The molecule has 1 aliphatic rings. The smallest absolute Gasteiger partial charge is 0.235 e. The number of nitrogens with zero attached hydrogens (tertiary/aromatic N) is 2. The molecule has 0 amide bonds. The summed E-state index contributed by atoms with van der Waals surface area (Å²) in [5, 5.41) is 0. The lowest BCUT2D eigenvalue weighted by Crippen LogP contribution is -2.25. The predicted molar refractivity (Wildman–Crippen MR) is 54.4 cm³/mol. The standard InChI is InChI=1S/C8H11N3O2S/c9-8-6-7(2-3-10-8)11-4-1-5-14(11,12)13/h2-3,6H,1,4-5H2,(H2,9,10). The maximum atomic E-state index is 11.5. The monoisotopic (exact) mass is 213 g/mol. The van der Waals surface area contributed by atoms with Crippen molar-refractivity contribution < 1.29 is 8.42 Å². The van der Waals surface area contributed by atoms with Crippen molar-refractivity contribution in [3.8, 4) is 0 Å². The Morgan fingerprint density at radius 1 is 1.50 bits per heavy atom. The molecule has 5 nitrogen and oxygen atoms in total. The summed E-state index contributed by atoms with van der Waals surface area (Å²) in [5.41, 5.74) is 6.09. The highest BCUT2D eigenvalue weighted by Gasteiger charge is 2.28. The van der Waals surface area contributed by atoms with Crippen LogP contribution < -0.4 is 10.0 Å². The van der Waals surface area contributed by atoms with E-state index in [0.29, 0.717) is 24.5 Å². The van der Waals surface area contributed by atoms with Gasteiger partial charge in [0.25, 0.3) is 0 Å². The Labute approximate surface area is 82.6 Å². The van der Waals surface area contributed by atoms with Crippen LogP contribution in [-0.4, -0.2) is 25.7 Å². The number of sulfonamides is 1. The Morgan fingerprint density at radius 3 is 2.86 bits per heavy atom. The lowest BCUT2D eigenvalue weighted by Gasteiger charge is -2.16. The molecule has 0 unspecified atom stereocenters. The molecule has 0 aliphatic carbocycles. The highest BCUT2D eigenvalue weighted by atomic mass is 32.2. The van der Waals surface area contributed by atoms with Crippen molar-refractivity contribution in [2.24, 2.45) is 0 Å². The third-order valence-electron chi connectivity index (χ3n) is 2.15. The van der Waals surface area contributed by atoms with Crippen molar-refractivity contribution >= 4 is 21.5 Å². The summed E-state index contributed by atoms with van der Waals surface area (Å²) < 4.78 is 24.5. The molecule has 0 saturated carbocycles. The van der Waals surface area contributed by atoms with E-state index in [1.807, 2.05) is 0 Å². The molecule has 0 atom stereocenters. The maximum absolute atomic E-state index is 11.5. The summed E-state index contributed by atoms with van der Waals surface area (Å²) in [6, 6.07) is 3.22. The summed E-state index contributed by atoms with van der Waals surface area (Å²) in [6.07, 6.45) is 2.18. The Kier molecular flexibility index (Phi) is 2.07. The number of hydrogen-bond acceptors (Lipinski definition) is 4. The fraction of sp³-hybridized carbons (Fsp3) is 0.375. The van der Waals surface area contributed by atoms with Gasteiger partial charge >= 0.3 is 0 Å². The van der Waals surface area contributed by atoms with Crippen LogP contribution in [0.2, 0.25) is 0 Å². The van der Waals surface area contributed by atoms with E-state index < -0.39 is 10.0 Å². The van der Waals surface area contributed by atoms with Gasteiger partial charge < -0.3 is 5.73 Å². The van der Waals surface area contributed by atoms with Crippen molar-refractivity contribution in [3.05, 3.63) is 18.3 Å². The largest absolute Gasteiger partial charge is 0.384 e. The molecule has 1 fully saturated rings. The van der Waals surface area contributed by atoms with E-state index in [1.54, 1.807) is 12.1 Å². The topological polar surface area (TPSA) is 76.3 Å². The first-order valence-corrected chi connectivity index (χ1v) is 5.92. The Hall–Kier alpha value is -1.30. The first-order valence-electron chi connectivity index (χ1n) is 4.31. The van der Waals surface area contributed by atoms with Gasteiger partial charge in [0, 0.05) is 18.8 Å². The second-order valence-electron chi connectivity index (χ2n) is 3.18. The molecule has 0 radical (unpaired) electrons. The average molecular weight is 213 g/mol. The molecule has 1 saturated heterocycles. The zero-order valence-electron chi connectivity index (χ0n) is 7.55. The number of hydrogen-bond donors (Lipinski definition) is 1. The number of rotatable bonds is 1. The summed E-state index contributed by atoms with van der Waals surface area (Å²) in [7, 11) is -3.11. The molecule has 0 aromatic carbocycles. The van der Waals surface area contributed by atoms with Crippen LogP contribution in [0.5, 0.6) is 0 Å². The van der Waals surface area contributed by atoms with Crippen LogP contribution in [0.3, 0.4) is 0 Å². The fourth-order valence-corrected chi connectivity index (χ4v) is 3.08. The lowest BCUT2D eigenvalue weighted by molar-refractivity contribution is 0.599. The molecule has 14 heavy (non-hydrogen) atoms. The van der Waals surface area contributed by atoms with Gasteiger partial charge in [0.05, 0.1) is 11.4 Å². The molecule has 1 aliphatic heterocycles. The van der Waals surface area contributed by atoms with Gasteiger partial charge in [-0.25, -0.2) is 13.4 Å². The molecule has 2 N–H and O–H groups in total. The van der Waals surface area contributed by atoms with E-state index in [-0.39, 0.29) is 5.75 Å². The van der Waals surface area contributed by atoms with Crippen LogP contribution in [-0.2, 0) is 10.0 Å². The van der Waals surface area contributed by atoms with Gasteiger partial charge in [-0.1, -0.05) is 0 Å². The van der Waals surface area contributed by atoms with Crippen LogP contribution in [0.4, 0.5) is 11.5 Å². The average Bonchev–Trinajstić information content (AvgIpc) is 2.45. The quantitative estimate of drug-likeness (QED) is 0.723. The minimum absolute atomic E-state index is 0.217. The van der Waals surface area contributed by atoms with E-state index in [1.165, 1.54) is 10.5 Å². The minimum Gasteiger partial charge on any atom is -0.384 e. The van der Waals surface area contributed by atoms with Crippen molar-refractivity contribution in [3.63, 3.8) is 0 Å². The molecule has 1 aromatic heterocycles. The zero-order chi connectivity index (χ0) is 10.2. The highest BCUT2D eigenvalue weighted by molar-refractivity contribution is 7.93. The van der Waals surface area contributed by atoms with Gasteiger partial charge in [-0.2, -0.15) is 0 Å². The Balaban J connectivity index is 2.41. The van der Waals surface area contributed by atoms with E-state index in [9.17, 15) is 8.42 Å². The molecule has 0 bridgehead atoms. The van der Waals surface area contributed by atoms with E-state index in [2.05, 4.69) is 4.98 Å². The summed E-state index contributed by atoms with van der Waals surface area (Å²) in [4.78, 5) is 3.82. The van der Waals surface area contributed by atoms with Crippen LogP contribution in [0, 0.1) is 0 Å². The Morgan fingerprint density at radius 2 is 2.29 bits per heavy atom. The predicted octanol–water partition coefficient (Wildman–Crippen LogP) is 0.204. The number of anilines is 2. The van der Waals surface area contributed by atoms with Gasteiger partial charge in [0.2, 0.25) is 10.0 Å². The summed E-state index contributed by atoms with van der Waals surface area (Å²) in [6.45, 7) is 0.534. The summed E-state index contributed by atoms with van der Waals surface area (Å²) in [5.74, 6) is 0.555. The van der Waals surface area contributed by atoms with Gasteiger partial charge in [-0.05, 0) is 12.5 Å². The van der Waals surface area contributed by atoms with Crippen molar-refractivity contribution in [1.29, 1.82) is 0 Å². The number of nitrogen functional groups attached to an aromatic ring is 1. The SMILES string of the molecule is Nc1cc(N2CCCS2(=O)=O)ccn1. The van der Waals surface area contributed by atoms with E-state index >= 15 is 0 Å². The molecule has 0 spiro atoms. The van der Waals surface area contributed by atoms with Gasteiger partial charge in [0.1, 0.15) is 5.82 Å². The van der Waals surface area contributed by atoms with Gasteiger partial charge in [0.15, 0.2) is 0 Å². The second kappa shape index (κ2) is 3.13. The van der Waals surface area contributed by atoms with Crippen LogP contribution in [0.15, 0.2) is 18.3 Å². The van der Waals surface area contributed by atoms with E-state index in [0.717, 1.165) is 0 Å². The fourth-order valence-electron chi connectivity index (χ4n) is 1.52. The van der Waals surface area contributed by atoms with Crippen LogP contribution >= 0.6 is 0 Å². The molecular formula is C8H11N3O2S. The second-order valence-corrected chi connectivity index (χ2v) is 5.19. The third kappa shape index (κ3) is 1.52. The van der Waals surface area contributed by atoms with Crippen molar-refractivity contribution in [1.82, 2.24) is 4.98 Å². The lowest BCUT2D eigenvalue weighted by atomic mass is 10.3. The van der Waals surface area contributed by atoms with Gasteiger partial charge in [-0.3, -0.25) is 4.31 Å². The molecular weight excluding hydrogens is 202 g/mol. The normalized spacial score (nSPS) is 19.9. The third-order valence-corrected chi connectivity index (χ3v) is 4.02. The van der Waals surface area contributed by atoms with Crippen molar-refractivity contribution in [2.45, 2.75) is 6.42 Å². The minimum atomic E-state index is -3.11. The molecule has 2 heterocycles.